The van der Waals surface area contributed by atoms with Crippen LogP contribution in [0.15, 0.2) is 43.1 Å². The van der Waals surface area contributed by atoms with Crippen LogP contribution in [-0.2, 0) is 68.8 Å². The molecular formula is C52H74N16O10. The molecule has 0 aliphatic carbocycles. The highest BCUT2D eigenvalue weighted by Crippen LogP contribution is 2.22. The number of aromatic nitrogens is 8. The minimum Gasteiger partial charge on any atom is -0.481 e. The van der Waals surface area contributed by atoms with E-state index in [1.165, 1.54) is 96.4 Å². The van der Waals surface area contributed by atoms with E-state index in [1.807, 2.05) is 0 Å². The van der Waals surface area contributed by atoms with Gasteiger partial charge in [-0.15, -0.1) is 0 Å². The first-order chi connectivity index (χ1) is 37.3. The zero-order chi connectivity index (χ0) is 56.7. The zero-order valence-electron chi connectivity index (χ0n) is 45.4. The smallest absolute Gasteiger partial charge is 0.303 e. The lowest BCUT2D eigenvalue weighted by Crippen LogP contribution is -2.19. The summed E-state index contributed by atoms with van der Waals surface area (Å²) < 4.78 is 7.49. The van der Waals surface area contributed by atoms with Crippen molar-refractivity contribution in [1.82, 2.24) is 37.8 Å². The topological polar surface area (TPSA) is 333 Å². The second kappa shape index (κ2) is 30.2. The number of nitrogens with zero attached hydrogens (tertiary/aromatic N) is 8. The van der Waals surface area contributed by atoms with E-state index in [1.54, 1.807) is 69.0 Å². The van der Waals surface area contributed by atoms with Crippen LogP contribution in [0.1, 0.15) is 157 Å². The maximum atomic E-state index is 13.2. The molecular weight excluding hydrogens is 1010 g/mol. The van der Waals surface area contributed by atoms with Crippen LogP contribution in [0.3, 0.4) is 0 Å². The fourth-order valence-electron chi connectivity index (χ4n) is 8.20. The number of aryl methyl sites for hydroxylation is 5. The van der Waals surface area contributed by atoms with Crippen molar-refractivity contribution < 1.29 is 48.3 Å². The van der Waals surface area contributed by atoms with E-state index in [0.717, 1.165) is 19.3 Å². The number of amides is 8. The molecule has 422 valence electrons. The number of carboxylic acids is 1. The molecule has 0 saturated heterocycles. The first kappa shape index (κ1) is 60.3. The normalized spacial score (nSPS) is 10.9. The molecule has 26 heteroatoms. The molecule has 0 spiro atoms. The minimum atomic E-state index is -1.12. The average molecular weight is 1080 g/mol. The van der Waals surface area contributed by atoms with Crippen LogP contribution in [0.25, 0.3) is 0 Å². The fraction of sp³-hybridized carbons (Fsp3) is 0.500. The summed E-state index contributed by atoms with van der Waals surface area (Å²) in [6.45, 7) is 2.24. The summed E-state index contributed by atoms with van der Waals surface area (Å²) in [5.74, 6) is -3.79. The molecule has 5 aromatic heterocycles. The summed E-state index contributed by atoms with van der Waals surface area (Å²) in [7, 11) is 8.08. The van der Waals surface area contributed by atoms with Crippen molar-refractivity contribution in [2.75, 3.05) is 42.5 Å². The molecule has 0 atom stereocenters. The molecule has 5 aromatic rings. The Balaban J connectivity index is 0.978. The Morgan fingerprint density at radius 1 is 0.385 bits per heavy atom. The van der Waals surface area contributed by atoms with Gasteiger partial charge in [0.1, 0.15) is 11.6 Å². The van der Waals surface area contributed by atoms with Gasteiger partial charge in [0.25, 0.3) is 11.8 Å². The standard InChI is InChI=1S/C52H74N16O10/c1-7-8-9-10-11-12-13-14-15-16-17-18-19-20-41(69)55-36-31-66(4)48(58-36)50(77)53-34-27-39(64(2)29-34)61-44(72)23-21-42(70)56-37-32-67(5)49(59-37)51(78)54-35-28-40(65(3)30-35)62-45(73)24-22-43(71)57-38-33-68(6)52(60-38)63-46(74)25-26-47(75)76/h27-33H,7-26H2,1-6H3,(H,53,77)(H,54,78)(H,55,69)(H,56,70)(H,57,71)(H,61,72)(H,62,73)(H,75,76)(H,60,63,74). The third-order valence-electron chi connectivity index (χ3n) is 12.4. The summed E-state index contributed by atoms with van der Waals surface area (Å²) in [6.07, 6.45) is 22.4. The number of unbranched alkanes of at least 4 members (excludes halogenated alkanes) is 12. The van der Waals surface area contributed by atoms with E-state index >= 15 is 0 Å². The maximum Gasteiger partial charge on any atom is 0.303 e. The Morgan fingerprint density at radius 3 is 1.15 bits per heavy atom. The lowest BCUT2D eigenvalue weighted by molar-refractivity contribution is -0.138. The molecule has 78 heavy (non-hydrogen) atoms. The third-order valence-corrected chi connectivity index (χ3v) is 12.4. The predicted octanol–water partition coefficient (Wildman–Crippen LogP) is 7.01. The predicted molar refractivity (Wildman–Crippen MR) is 294 cm³/mol. The number of nitrogens with one attached hydrogen (secondary N) is 8. The lowest BCUT2D eigenvalue weighted by Gasteiger charge is -2.06. The van der Waals surface area contributed by atoms with Gasteiger partial charge >= 0.3 is 5.97 Å². The molecule has 0 saturated carbocycles. The lowest BCUT2D eigenvalue weighted by atomic mass is 10.0. The number of carboxylic acid groups (broad SMARTS) is 1. The number of hydrogen-bond acceptors (Lipinski definition) is 12. The number of carbonyl (C=O) groups excluding carboxylic acids is 8. The highest BCUT2D eigenvalue weighted by Gasteiger charge is 2.21. The van der Waals surface area contributed by atoms with E-state index in [0.29, 0.717) is 29.4 Å². The van der Waals surface area contributed by atoms with Gasteiger partial charge in [-0.25, -0.2) is 9.97 Å². The molecule has 0 aliphatic rings. The third kappa shape index (κ3) is 20.2. The van der Waals surface area contributed by atoms with Gasteiger partial charge in [-0.1, -0.05) is 84.0 Å². The van der Waals surface area contributed by atoms with Crippen LogP contribution in [0.4, 0.5) is 46.4 Å². The number of carbonyl (C=O) groups is 9. The molecule has 0 bridgehead atoms. The van der Waals surface area contributed by atoms with Gasteiger partial charge in [0.15, 0.2) is 17.5 Å². The molecule has 26 nitrogen and oxygen atoms in total. The minimum absolute atomic E-state index is 0.0544. The Kier molecular flexibility index (Phi) is 23.4. The van der Waals surface area contributed by atoms with E-state index in [4.69, 9.17) is 5.11 Å². The largest absolute Gasteiger partial charge is 0.481 e. The molecule has 5 rings (SSSR count). The number of anilines is 8. The second-order valence-electron chi connectivity index (χ2n) is 19.2. The molecule has 8 amide bonds. The molecule has 0 aliphatic heterocycles. The van der Waals surface area contributed by atoms with Crippen molar-refractivity contribution in [3.8, 4) is 0 Å². The van der Waals surface area contributed by atoms with Crippen LogP contribution >= 0.6 is 0 Å². The Bertz CT molecular complexity index is 2910. The summed E-state index contributed by atoms with van der Waals surface area (Å²) in [5.41, 5.74) is 0.683. The summed E-state index contributed by atoms with van der Waals surface area (Å²) in [4.78, 5) is 126. The van der Waals surface area contributed by atoms with E-state index in [9.17, 15) is 43.2 Å². The van der Waals surface area contributed by atoms with Crippen molar-refractivity contribution in [3.63, 3.8) is 0 Å². The van der Waals surface area contributed by atoms with Gasteiger partial charge < -0.3 is 65.2 Å². The van der Waals surface area contributed by atoms with Gasteiger partial charge in [0, 0.05) is 117 Å². The van der Waals surface area contributed by atoms with Crippen molar-refractivity contribution in [1.29, 1.82) is 0 Å². The van der Waals surface area contributed by atoms with Gasteiger partial charge in [-0.3, -0.25) is 48.5 Å². The fourth-order valence-corrected chi connectivity index (χ4v) is 8.20. The quantitative estimate of drug-likeness (QED) is 0.0191. The van der Waals surface area contributed by atoms with Gasteiger partial charge in [-0.05, 0) is 6.42 Å². The molecule has 0 radical (unpaired) electrons. The van der Waals surface area contributed by atoms with Crippen LogP contribution in [0, 0.1) is 0 Å². The zero-order valence-corrected chi connectivity index (χ0v) is 45.4. The number of aliphatic carboxylic acids is 1. The first-order valence-electron chi connectivity index (χ1n) is 26.3. The van der Waals surface area contributed by atoms with Crippen LogP contribution in [-0.4, -0.2) is 96.1 Å². The Hall–Kier alpha value is -8.58. The molecule has 9 N–H and O–H groups in total. The molecule has 0 fully saturated rings. The van der Waals surface area contributed by atoms with Gasteiger partial charge in [0.05, 0.1) is 17.8 Å². The van der Waals surface area contributed by atoms with Gasteiger partial charge in [0.2, 0.25) is 53.0 Å². The second-order valence-corrected chi connectivity index (χ2v) is 19.2. The SMILES string of the molecule is CCCCCCCCCCCCCCCC(=O)Nc1cn(C)c(C(=O)Nc2cc(NC(=O)CCC(=O)Nc3cn(C)c(C(=O)Nc4cc(NC(=O)CCC(=O)Nc5cn(C)c(NC(=O)CCC(=O)O)n5)n(C)c4)n3)n(C)c2)n1. The van der Waals surface area contributed by atoms with Crippen molar-refractivity contribution >= 4 is 99.6 Å². The Morgan fingerprint density at radius 2 is 0.731 bits per heavy atom. The molecule has 5 heterocycles. The average Bonchev–Trinajstić information content (AvgIpc) is 4.19. The van der Waals surface area contributed by atoms with Gasteiger partial charge in [-0.2, -0.15) is 4.98 Å². The van der Waals surface area contributed by atoms with E-state index in [-0.39, 0.29) is 79.5 Å². The summed E-state index contributed by atoms with van der Waals surface area (Å²) >= 11 is 0. The van der Waals surface area contributed by atoms with Crippen LogP contribution in [0.5, 0.6) is 0 Å². The summed E-state index contributed by atoms with van der Waals surface area (Å²) in [5, 5.41) is 30.0. The first-order valence-corrected chi connectivity index (χ1v) is 26.3. The van der Waals surface area contributed by atoms with Crippen LogP contribution < -0.4 is 42.5 Å². The summed E-state index contributed by atoms with van der Waals surface area (Å²) in [6, 6.07) is 3.05. The highest BCUT2D eigenvalue weighted by molar-refractivity contribution is 6.05. The molecule has 0 unspecified atom stereocenters. The van der Waals surface area contributed by atoms with Crippen molar-refractivity contribution in [2.45, 2.75) is 135 Å². The van der Waals surface area contributed by atoms with E-state index in [2.05, 4.69) is 64.4 Å². The molecule has 0 aromatic carbocycles. The number of hydrogen-bond donors (Lipinski definition) is 9. The monoisotopic (exact) mass is 1080 g/mol. The van der Waals surface area contributed by atoms with E-state index < -0.39 is 47.3 Å². The number of imidazole rings is 3. The number of rotatable bonds is 33. The Labute approximate surface area is 452 Å². The van der Waals surface area contributed by atoms with Crippen molar-refractivity contribution in [2.24, 2.45) is 35.2 Å². The van der Waals surface area contributed by atoms with Crippen molar-refractivity contribution in [3.05, 3.63) is 54.8 Å². The van der Waals surface area contributed by atoms with Crippen LogP contribution in [0.2, 0.25) is 0 Å². The maximum absolute atomic E-state index is 13.2. The highest BCUT2D eigenvalue weighted by atomic mass is 16.4.